The minimum Gasteiger partial charge on any atom is -0.413 e. The maximum atomic E-state index is 7.00. The first-order valence-corrected chi connectivity index (χ1v) is 15.4. The molecular weight excluding hydrogens is 324 g/mol. The molecule has 1 unspecified atom stereocenters. The number of hydrogen-bond donors (Lipinski definition) is 0. The summed E-state index contributed by atoms with van der Waals surface area (Å²) in [6.07, 6.45) is 5.70. The van der Waals surface area contributed by atoms with Crippen molar-refractivity contribution < 1.29 is 4.43 Å². The van der Waals surface area contributed by atoms with Crippen LogP contribution in [0.3, 0.4) is 0 Å². The lowest BCUT2D eigenvalue weighted by atomic mass is 9.99. The molecule has 1 nitrogen and oxygen atoms in total. The fourth-order valence-corrected chi connectivity index (χ4v) is 9.35. The Kier molecular flexibility index (Phi) is 7.27. The molecule has 0 aromatic heterocycles. The lowest BCUT2D eigenvalue weighted by molar-refractivity contribution is 0.264. The predicted octanol–water partition coefficient (Wildman–Crippen LogP) is 6.13. The third-order valence-electron chi connectivity index (χ3n) is 6.19. The second-order valence-corrected chi connectivity index (χ2v) is 18.0. The summed E-state index contributed by atoms with van der Waals surface area (Å²) in [5, 5.41) is 1.72. The van der Waals surface area contributed by atoms with Gasteiger partial charge in [0.1, 0.15) is 8.07 Å². The number of allylic oxidation sites excluding steroid dienone is 1. The second-order valence-electron chi connectivity index (χ2n) is 8.85. The van der Waals surface area contributed by atoms with E-state index < -0.39 is 16.4 Å². The molecule has 24 heavy (non-hydrogen) atoms. The molecule has 0 N–H and O–H groups in total. The number of rotatable bonds is 8. The van der Waals surface area contributed by atoms with Gasteiger partial charge in [-0.3, -0.25) is 0 Å². The van der Waals surface area contributed by atoms with Crippen molar-refractivity contribution in [2.75, 3.05) is 0 Å². The van der Waals surface area contributed by atoms with Crippen molar-refractivity contribution in [2.45, 2.75) is 78.0 Å². The van der Waals surface area contributed by atoms with Gasteiger partial charge < -0.3 is 4.43 Å². The van der Waals surface area contributed by atoms with Gasteiger partial charge in [-0.1, -0.05) is 95.4 Å². The maximum absolute atomic E-state index is 7.00. The molecule has 0 aliphatic carbocycles. The Labute approximate surface area is 152 Å². The fraction of sp³-hybridized carbons (Fsp3) is 0.619. The lowest BCUT2D eigenvalue weighted by Gasteiger charge is -2.46. The molecule has 0 heterocycles. The summed E-state index contributed by atoms with van der Waals surface area (Å²) in [7, 11) is -3.61. The predicted molar refractivity (Wildman–Crippen MR) is 114 cm³/mol. The molecule has 0 saturated heterocycles. The van der Waals surface area contributed by atoms with Gasteiger partial charge >= 0.3 is 0 Å². The largest absolute Gasteiger partial charge is 0.413 e. The molecular formula is C21H38OSi2. The molecule has 0 aliphatic heterocycles. The van der Waals surface area contributed by atoms with Crippen LogP contribution in [0.1, 0.15) is 41.0 Å². The highest BCUT2D eigenvalue weighted by Crippen LogP contribution is 2.45. The van der Waals surface area contributed by atoms with Crippen LogP contribution in [0.4, 0.5) is 0 Å². The summed E-state index contributed by atoms with van der Waals surface area (Å²) in [4.78, 5) is 0. The molecule has 0 saturated carbocycles. The first kappa shape index (κ1) is 21.4. The average molecular weight is 363 g/mol. The number of benzene rings is 1. The molecule has 0 fully saturated rings. The minimum absolute atomic E-state index is 0.236. The van der Waals surface area contributed by atoms with Crippen LogP contribution in [-0.4, -0.2) is 22.1 Å². The second kappa shape index (κ2) is 8.16. The fourth-order valence-electron chi connectivity index (χ4n) is 2.88. The van der Waals surface area contributed by atoms with Crippen molar-refractivity contribution in [1.82, 2.24) is 0 Å². The zero-order chi connectivity index (χ0) is 18.6. The van der Waals surface area contributed by atoms with Crippen LogP contribution in [0, 0.1) is 5.92 Å². The Hall–Kier alpha value is -0.646. The molecule has 1 aromatic rings. The molecule has 1 aromatic carbocycles. The summed E-state index contributed by atoms with van der Waals surface area (Å²) >= 11 is 0. The van der Waals surface area contributed by atoms with Gasteiger partial charge in [-0.25, -0.2) is 0 Å². The van der Waals surface area contributed by atoms with Crippen molar-refractivity contribution in [3.63, 3.8) is 0 Å². The molecule has 1 atom stereocenters. The number of hydrogen-bond acceptors (Lipinski definition) is 1. The van der Waals surface area contributed by atoms with E-state index in [0.717, 1.165) is 6.42 Å². The third kappa shape index (κ3) is 4.71. The lowest BCUT2D eigenvalue weighted by Crippen LogP contribution is -2.58. The monoisotopic (exact) mass is 362 g/mol. The Balaban J connectivity index is 3.21. The van der Waals surface area contributed by atoms with Gasteiger partial charge in [-0.15, -0.1) is 0 Å². The van der Waals surface area contributed by atoms with Gasteiger partial charge in [0.15, 0.2) is 8.32 Å². The quantitative estimate of drug-likeness (QED) is 0.399. The summed E-state index contributed by atoms with van der Waals surface area (Å²) in [6.45, 7) is 21.3. The molecule has 0 aliphatic rings. The third-order valence-corrected chi connectivity index (χ3v) is 14.5. The summed E-state index contributed by atoms with van der Waals surface area (Å²) in [6, 6.07) is 11.0. The maximum Gasteiger partial charge on any atom is 0.192 e. The van der Waals surface area contributed by atoms with Crippen molar-refractivity contribution >= 4 is 21.6 Å². The molecule has 0 radical (unpaired) electrons. The zero-order valence-corrected chi connectivity index (χ0v) is 19.3. The van der Waals surface area contributed by atoms with Gasteiger partial charge in [0.25, 0.3) is 0 Å². The Morgan fingerprint density at radius 2 is 1.58 bits per heavy atom. The van der Waals surface area contributed by atoms with Gasteiger partial charge in [-0.2, -0.15) is 0 Å². The van der Waals surface area contributed by atoms with Crippen molar-refractivity contribution in [3.8, 4) is 0 Å². The van der Waals surface area contributed by atoms with Crippen LogP contribution >= 0.6 is 0 Å². The van der Waals surface area contributed by atoms with Gasteiger partial charge in [0.05, 0.1) is 5.73 Å². The molecule has 3 heteroatoms. The average Bonchev–Trinajstić information content (AvgIpc) is 2.51. The molecule has 1 rings (SSSR count). The van der Waals surface area contributed by atoms with E-state index in [-0.39, 0.29) is 10.8 Å². The first-order valence-electron chi connectivity index (χ1n) is 9.36. The van der Waals surface area contributed by atoms with E-state index in [0.29, 0.717) is 5.92 Å². The smallest absolute Gasteiger partial charge is 0.192 e. The van der Waals surface area contributed by atoms with E-state index in [1.807, 2.05) is 0 Å². The van der Waals surface area contributed by atoms with Gasteiger partial charge in [-0.05, 0) is 30.5 Å². The van der Waals surface area contributed by atoms with E-state index in [1.54, 1.807) is 0 Å². The van der Waals surface area contributed by atoms with Crippen molar-refractivity contribution in [2.24, 2.45) is 5.92 Å². The minimum atomic E-state index is -1.87. The van der Waals surface area contributed by atoms with E-state index in [1.165, 1.54) is 5.19 Å². The van der Waals surface area contributed by atoms with E-state index >= 15 is 0 Å². The van der Waals surface area contributed by atoms with Gasteiger partial charge in [0, 0.05) is 0 Å². The summed E-state index contributed by atoms with van der Waals surface area (Å²) in [5.41, 5.74) is 0.236. The Morgan fingerprint density at radius 1 is 1.04 bits per heavy atom. The molecule has 0 bridgehead atoms. The van der Waals surface area contributed by atoms with Crippen molar-refractivity contribution in [1.29, 1.82) is 0 Å². The van der Waals surface area contributed by atoms with E-state index in [9.17, 15) is 0 Å². The molecule has 0 amide bonds. The van der Waals surface area contributed by atoms with Crippen LogP contribution in [0.2, 0.25) is 31.2 Å². The van der Waals surface area contributed by atoms with E-state index in [4.69, 9.17) is 4.43 Å². The SMILES string of the molecule is CC/C=C/C(O[Si](C)(C)C(C)(C)C(C)C)[Si](C)(C)c1ccccc1. The van der Waals surface area contributed by atoms with Crippen LogP contribution in [0.5, 0.6) is 0 Å². The highest BCUT2D eigenvalue weighted by atomic mass is 28.4. The Morgan fingerprint density at radius 3 is 2.04 bits per heavy atom. The van der Waals surface area contributed by atoms with Crippen LogP contribution < -0.4 is 5.19 Å². The van der Waals surface area contributed by atoms with Crippen LogP contribution in [-0.2, 0) is 4.43 Å². The normalized spacial score (nSPS) is 15.2. The van der Waals surface area contributed by atoms with E-state index in [2.05, 4.69) is 103 Å². The van der Waals surface area contributed by atoms with Crippen molar-refractivity contribution in [3.05, 3.63) is 42.5 Å². The molecule has 136 valence electrons. The topological polar surface area (TPSA) is 9.23 Å². The summed E-state index contributed by atoms with van der Waals surface area (Å²) < 4.78 is 7.00. The highest BCUT2D eigenvalue weighted by molar-refractivity contribution is 6.92. The van der Waals surface area contributed by atoms with Crippen LogP contribution in [0.15, 0.2) is 42.5 Å². The highest BCUT2D eigenvalue weighted by Gasteiger charge is 2.47. The van der Waals surface area contributed by atoms with Crippen LogP contribution in [0.25, 0.3) is 0 Å². The molecule has 0 spiro atoms. The van der Waals surface area contributed by atoms with Gasteiger partial charge in [0.2, 0.25) is 0 Å². The Bertz CT molecular complexity index is 530. The first-order chi connectivity index (χ1) is 11.0. The zero-order valence-electron chi connectivity index (χ0n) is 17.3. The summed E-state index contributed by atoms with van der Waals surface area (Å²) in [5.74, 6) is 0.622. The standard InChI is InChI=1S/C21H38OSi2/c1-10-11-17-20(22-24(8,9)21(4,5)18(2)3)23(6,7)19-15-13-12-14-16-19/h11-18,20H,10H2,1-9H3/b17-11+.